The van der Waals surface area contributed by atoms with Crippen LogP contribution in [0.4, 0.5) is 5.69 Å². The van der Waals surface area contributed by atoms with Crippen LogP contribution in [0, 0.1) is 0 Å². The molecule has 8 heteroatoms. The Kier molecular flexibility index (Phi) is 4.48. The molecule has 7 nitrogen and oxygen atoms in total. The molecule has 0 saturated heterocycles. The molecule has 1 aliphatic heterocycles. The largest absolute Gasteiger partial charge is 0.481 e. The fourth-order valence-corrected chi connectivity index (χ4v) is 2.90. The number of benzene rings is 1. The van der Waals surface area contributed by atoms with E-state index in [0.29, 0.717) is 16.7 Å². The van der Waals surface area contributed by atoms with Gasteiger partial charge < -0.3 is 9.67 Å². The first kappa shape index (κ1) is 16.0. The van der Waals surface area contributed by atoms with Crippen molar-refractivity contribution in [1.29, 1.82) is 0 Å². The van der Waals surface area contributed by atoms with Crippen LogP contribution in [-0.2, 0) is 16.6 Å². The molecule has 0 bridgehead atoms. The van der Waals surface area contributed by atoms with E-state index in [1.165, 1.54) is 4.90 Å². The third kappa shape index (κ3) is 3.23. The van der Waals surface area contributed by atoms with Crippen molar-refractivity contribution in [2.45, 2.75) is 0 Å². The SMILES string of the molecule is Cn1ccnc1/C=C1\N=C(SCC(=O)O)N(c2ccccc2)C1=O. The Bertz CT molecular complexity index is 842. The van der Waals surface area contributed by atoms with Gasteiger partial charge in [-0.05, 0) is 12.1 Å². The van der Waals surface area contributed by atoms with E-state index in [-0.39, 0.29) is 17.4 Å². The number of hydrogen-bond donors (Lipinski definition) is 1. The van der Waals surface area contributed by atoms with E-state index < -0.39 is 5.97 Å². The average molecular weight is 342 g/mol. The van der Waals surface area contributed by atoms with Crippen LogP contribution in [0.1, 0.15) is 5.82 Å². The number of carboxylic acid groups (broad SMARTS) is 1. The smallest absolute Gasteiger partial charge is 0.313 e. The molecular formula is C16H14N4O3S. The molecule has 1 aliphatic rings. The molecule has 0 spiro atoms. The van der Waals surface area contributed by atoms with Crippen molar-refractivity contribution in [3.63, 3.8) is 0 Å². The van der Waals surface area contributed by atoms with Gasteiger partial charge in [0.25, 0.3) is 5.91 Å². The molecule has 0 atom stereocenters. The van der Waals surface area contributed by atoms with Gasteiger partial charge in [0.15, 0.2) is 5.17 Å². The monoisotopic (exact) mass is 342 g/mol. The summed E-state index contributed by atoms with van der Waals surface area (Å²) in [6.45, 7) is 0. The summed E-state index contributed by atoms with van der Waals surface area (Å²) in [5.41, 5.74) is 0.864. The van der Waals surface area contributed by atoms with Crippen LogP contribution >= 0.6 is 11.8 Å². The maximum atomic E-state index is 12.7. The highest BCUT2D eigenvalue weighted by Gasteiger charge is 2.32. The number of aliphatic imine (C=N–C) groups is 1. The molecule has 1 aromatic carbocycles. The first-order valence-electron chi connectivity index (χ1n) is 7.08. The Labute approximate surface area is 142 Å². The van der Waals surface area contributed by atoms with Crippen molar-refractivity contribution in [2.24, 2.45) is 12.0 Å². The average Bonchev–Trinajstić information content (AvgIpc) is 3.11. The van der Waals surface area contributed by atoms with E-state index in [2.05, 4.69) is 9.98 Å². The predicted octanol–water partition coefficient (Wildman–Crippen LogP) is 1.98. The fraction of sp³-hybridized carbons (Fsp3) is 0.125. The van der Waals surface area contributed by atoms with Gasteiger partial charge in [0.2, 0.25) is 0 Å². The number of carboxylic acids is 1. The Hall–Kier alpha value is -2.87. The van der Waals surface area contributed by atoms with E-state index in [1.54, 1.807) is 35.2 Å². The van der Waals surface area contributed by atoms with Gasteiger partial charge in [-0.15, -0.1) is 0 Å². The lowest BCUT2D eigenvalue weighted by atomic mass is 10.3. The van der Waals surface area contributed by atoms with E-state index in [9.17, 15) is 9.59 Å². The molecule has 2 aromatic rings. The van der Waals surface area contributed by atoms with Crippen LogP contribution in [0.15, 0.2) is 53.4 Å². The van der Waals surface area contributed by atoms with E-state index >= 15 is 0 Å². The molecule has 1 aromatic heterocycles. The second-order valence-corrected chi connectivity index (χ2v) is 5.92. The molecule has 0 saturated carbocycles. The van der Waals surface area contributed by atoms with Crippen molar-refractivity contribution in [1.82, 2.24) is 9.55 Å². The first-order valence-corrected chi connectivity index (χ1v) is 8.06. The van der Waals surface area contributed by atoms with Crippen molar-refractivity contribution < 1.29 is 14.7 Å². The number of thioether (sulfide) groups is 1. The number of anilines is 1. The number of amidine groups is 1. The van der Waals surface area contributed by atoms with E-state index in [1.807, 2.05) is 25.2 Å². The summed E-state index contributed by atoms with van der Waals surface area (Å²) >= 11 is 1.01. The lowest BCUT2D eigenvalue weighted by molar-refractivity contribution is -0.133. The minimum Gasteiger partial charge on any atom is -0.481 e. The Morgan fingerprint density at radius 3 is 2.71 bits per heavy atom. The van der Waals surface area contributed by atoms with Crippen molar-refractivity contribution in [2.75, 3.05) is 10.7 Å². The van der Waals surface area contributed by atoms with Gasteiger partial charge in [-0.25, -0.2) is 9.98 Å². The molecule has 0 fully saturated rings. The normalized spacial score (nSPS) is 15.9. The highest BCUT2D eigenvalue weighted by molar-refractivity contribution is 8.14. The number of rotatable bonds is 4. The molecule has 122 valence electrons. The number of aliphatic carboxylic acids is 1. The maximum Gasteiger partial charge on any atom is 0.313 e. The third-order valence-corrected chi connectivity index (χ3v) is 4.22. The molecule has 0 radical (unpaired) electrons. The topological polar surface area (TPSA) is 87.8 Å². The highest BCUT2D eigenvalue weighted by Crippen LogP contribution is 2.28. The number of carbonyl (C=O) groups is 2. The Balaban J connectivity index is 1.98. The fourth-order valence-electron chi connectivity index (χ4n) is 2.16. The number of para-hydroxylation sites is 1. The molecule has 0 unspecified atom stereocenters. The lowest BCUT2D eigenvalue weighted by Crippen LogP contribution is -2.30. The molecule has 24 heavy (non-hydrogen) atoms. The zero-order chi connectivity index (χ0) is 17.1. The van der Waals surface area contributed by atoms with Gasteiger partial charge in [0, 0.05) is 25.5 Å². The summed E-state index contributed by atoms with van der Waals surface area (Å²) in [6.07, 6.45) is 4.99. The summed E-state index contributed by atoms with van der Waals surface area (Å²) in [4.78, 5) is 33.5. The number of hydrogen-bond acceptors (Lipinski definition) is 5. The van der Waals surface area contributed by atoms with Gasteiger partial charge in [0.05, 0.1) is 11.4 Å². The Morgan fingerprint density at radius 1 is 1.33 bits per heavy atom. The standard InChI is InChI=1S/C16H14N4O3S/c1-19-8-7-17-13(19)9-12-15(23)20(11-5-3-2-4-6-11)16(18-12)24-10-14(21)22/h2-9H,10H2,1H3,(H,21,22)/b12-9-. The van der Waals surface area contributed by atoms with E-state index in [4.69, 9.17) is 5.11 Å². The summed E-state index contributed by atoms with van der Waals surface area (Å²) in [5.74, 6) is -0.855. The maximum absolute atomic E-state index is 12.7. The number of imidazole rings is 1. The van der Waals surface area contributed by atoms with Crippen molar-refractivity contribution >= 4 is 40.6 Å². The van der Waals surface area contributed by atoms with Crippen molar-refractivity contribution in [3.8, 4) is 0 Å². The van der Waals surface area contributed by atoms with Gasteiger partial charge in [0.1, 0.15) is 11.5 Å². The summed E-state index contributed by atoms with van der Waals surface area (Å²) in [6, 6.07) is 9.01. The molecule has 3 rings (SSSR count). The van der Waals surface area contributed by atoms with Gasteiger partial charge in [-0.1, -0.05) is 30.0 Å². The van der Waals surface area contributed by atoms with Crippen LogP contribution in [0.25, 0.3) is 6.08 Å². The van der Waals surface area contributed by atoms with Gasteiger partial charge in [-0.2, -0.15) is 0 Å². The van der Waals surface area contributed by atoms with Gasteiger partial charge >= 0.3 is 5.97 Å². The van der Waals surface area contributed by atoms with Crippen LogP contribution in [0.2, 0.25) is 0 Å². The van der Waals surface area contributed by atoms with Crippen LogP contribution in [0.3, 0.4) is 0 Å². The molecule has 2 heterocycles. The number of amides is 1. The molecule has 1 N–H and O–H groups in total. The number of carbonyl (C=O) groups excluding carboxylic acids is 1. The van der Waals surface area contributed by atoms with Crippen molar-refractivity contribution in [3.05, 3.63) is 54.2 Å². The van der Waals surface area contributed by atoms with Crippen LogP contribution < -0.4 is 4.90 Å². The molecule has 1 amide bonds. The highest BCUT2D eigenvalue weighted by atomic mass is 32.2. The first-order chi connectivity index (χ1) is 11.6. The quantitative estimate of drug-likeness (QED) is 0.859. The summed E-state index contributed by atoms with van der Waals surface area (Å²) in [5, 5.41) is 9.24. The summed E-state index contributed by atoms with van der Waals surface area (Å²) < 4.78 is 1.77. The van der Waals surface area contributed by atoms with E-state index in [0.717, 1.165) is 11.8 Å². The third-order valence-electron chi connectivity index (χ3n) is 3.29. The summed E-state index contributed by atoms with van der Waals surface area (Å²) in [7, 11) is 1.82. The molecular weight excluding hydrogens is 328 g/mol. The lowest BCUT2D eigenvalue weighted by Gasteiger charge is -2.17. The second-order valence-electron chi connectivity index (χ2n) is 4.98. The van der Waals surface area contributed by atoms with Gasteiger partial charge in [-0.3, -0.25) is 14.5 Å². The number of aromatic nitrogens is 2. The number of nitrogens with zero attached hydrogens (tertiary/aromatic N) is 4. The van der Waals surface area contributed by atoms with Crippen LogP contribution in [-0.4, -0.2) is 37.5 Å². The predicted molar refractivity (Wildman–Crippen MR) is 92.6 cm³/mol. The minimum atomic E-state index is -0.968. The van der Waals surface area contributed by atoms with Crippen LogP contribution in [0.5, 0.6) is 0 Å². The molecule has 0 aliphatic carbocycles. The zero-order valence-corrected chi connectivity index (χ0v) is 13.6. The zero-order valence-electron chi connectivity index (χ0n) is 12.8. The Morgan fingerprint density at radius 2 is 2.08 bits per heavy atom. The minimum absolute atomic E-state index is 0.175. The number of aryl methyl sites for hydroxylation is 1. The second kappa shape index (κ2) is 6.71.